The second-order valence-corrected chi connectivity index (χ2v) is 4.27. The number of aliphatic imine (C=N–C) groups is 1. The third-order valence-electron chi connectivity index (χ3n) is 2.25. The van der Waals surface area contributed by atoms with Gasteiger partial charge in [0, 0.05) is 18.8 Å². The van der Waals surface area contributed by atoms with Crippen LogP contribution in [0.1, 0.15) is 19.3 Å². The molecular formula is C9H19N3S. The summed E-state index contributed by atoms with van der Waals surface area (Å²) in [7, 11) is 0. The summed E-state index contributed by atoms with van der Waals surface area (Å²) in [6, 6.07) is 0. The lowest BCUT2D eigenvalue weighted by molar-refractivity contribution is 0.338. The molecule has 0 saturated carbocycles. The van der Waals surface area contributed by atoms with Crippen molar-refractivity contribution in [3.05, 3.63) is 0 Å². The van der Waals surface area contributed by atoms with Crippen molar-refractivity contribution in [1.82, 2.24) is 4.90 Å². The number of guanidine groups is 1. The van der Waals surface area contributed by atoms with Crippen molar-refractivity contribution in [2.24, 2.45) is 10.7 Å². The Morgan fingerprint density at radius 1 is 1.38 bits per heavy atom. The number of rotatable bonds is 3. The van der Waals surface area contributed by atoms with Gasteiger partial charge in [-0.15, -0.1) is 0 Å². The molecule has 0 aromatic carbocycles. The van der Waals surface area contributed by atoms with Crippen LogP contribution in [0.5, 0.6) is 0 Å². The average molecular weight is 201 g/mol. The molecule has 76 valence electrons. The fourth-order valence-corrected chi connectivity index (χ4v) is 1.75. The van der Waals surface area contributed by atoms with Crippen LogP contribution in [0.4, 0.5) is 0 Å². The topological polar surface area (TPSA) is 41.6 Å². The normalized spacial score (nSPS) is 19.2. The summed E-state index contributed by atoms with van der Waals surface area (Å²) in [5.74, 6) is 1.81. The lowest BCUT2D eigenvalue weighted by Gasteiger charge is -2.27. The van der Waals surface area contributed by atoms with Crippen LogP contribution in [-0.2, 0) is 0 Å². The van der Waals surface area contributed by atoms with Crippen molar-refractivity contribution >= 4 is 17.7 Å². The molecule has 0 aromatic rings. The minimum atomic E-state index is 0.744. The van der Waals surface area contributed by atoms with Crippen molar-refractivity contribution in [1.29, 1.82) is 0 Å². The Bertz CT molecular complexity index is 164. The smallest absolute Gasteiger partial charge is 0.191 e. The number of nitrogens with zero attached hydrogens (tertiary/aromatic N) is 2. The van der Waals surface area contributed by atoms with Gasteiger partial charge in [-0.1, -0.05) is 0 Å². The van der Waals surface area contributed by atoms with E-state index in [2.05, 4.69) is 16.1 Å². The lowest BCUT2D eigenvalue weighted by Crippen LogP contribution is -2.41. The summed E-state index contributed by atoms with van der Waals surface area (Å²) in [5, 5.41) is 0. The van der Waals surface area contributed by atoms with Gasteiger partial charge in [-0.3, -0.25) is 4.99 Å². The molecule has 13 heavy (non-hydrogen) atoms. The molecule has 2 N–H and O–H groups in total. The zero-order valence-corrected chi connectivity index (χ0v) is 9.15. The zero-order chi connectivity index (χ0) is 9.52. The summed E-state index contributed by atoms with van der Waals surface area (Å²) < 4.78 is 0. The van der Waals surface area contributed by atoms with Crippen LogP contribution in [-0.4, -0.2) is 42.5 Å². The molecule has 1 fully saturated rings. The molecule has 1 saturated heterocycles. The minimum Gasteiger partial charge on any atom is -0.370 e. The number of likely N-dealkylation sites (tertiary alicyclic amines) is 1. The van der Waals surface area contributed by atoms with Gasteiger partial charge in [-0.25, -0.2) is 0 Å². The van der Waals surface area contributed by atoms with Crippen LogP contribution in [0.15, 0.2) is 4.99 Å². The Kier molecular flexibility index (Phi) is 5.05. The monoisotopic (exact) mass is 201 g/mol. The molecule has 4 heteroatoms. The van der Waals surface area contributed by atoms with Crippen LogP contribution in [0.2, 0.25) is 0 Å². The maximum atomic E-state index is 5.86. The SMILES string of the molecule is CSCCN=C(N)N1CCCCC1. The molecule has 0 spiro atoms. The van der Waals surface area contributed by atoms with E-state index in [1.54, 1.807) is 0 Å². The summed E-state index contributed by atoms with van der Waals surface area (Å²) in [4.78, 5) is 6.54. The third kappa shape index (κ3) is 3.89. The second-order valence-electron chi connectivity index (χ2n) is 3.28. The summed E-state index contributed by atoms with van der Waals surface area (Å²) in [6.07, 6.45) is 5.96. The van der Waals surface area contributed by atoms with Gasteiger partial charge in [-0.05, 0) is 25.5 Å². The van der Waals surface area contributed by atoms with Crippen LogP contribution in [0.25, 0.3) is 0 Å². The molecule has 0 bridgehead atoms. The van der Waals surface area contributed by atoms with Gasteiger partial charge in [0.15, 0.2) is 5.96 Å². The van der Waals surface area contributed by atoms with Gasteiger partial charge < -0.3 is 10.6 Å². The molecule has 1 heterocycles. The van der Waals surface area contributed by atoms with E-state index in [1.807, 2.05) is 11.8 Å². The quantitative estimate of drug-likeness (QED) is 0.423. The predicted molar refractivity (Wildman–Crippen MR) is 60.3 cm³/mol. The highest BCUT2D eigenvalue weighted by Crippen LogP contribution is 2.07. The molecule has 1 aliphatic rings. The Morgan fingerprint density at radius 3 is 2.69 bits per heavy atom. The van der Waals surface area contributed by atoms with E-state index in [0.29, 0.717) is 0 Å². The molecular weight excluding hydrogens is 182 g/mol. The second kappa shape index (κ2) is 6.13. The van der Waals surface area contributed by atoms with Gasteiger partial charge >= 0.3 is 0 Å². The zero-order valence-electron chi connectivity index (χ0n) is 8.33. The summed E-state index contributed by atoms with van der Waals surface area (Å²) >= 11 is 1.81. The standard InChI is InChI=1S/C9H19N3S/c1-13-8-5-11-9(10)12-6-3-2-4-7-12/h2-8H2,1H3,(H2,10,11). The highest BCUT2D eigenvalue weighted by molar-refractivity contribution is 7.98. The maximum Gasteiger partial charge on any atom is 0.191 e. The minimum absolute atomic E-state index is 0.744. The first-order chi connectivity index (χ1) is 6.34. The highest BCUT2D eigenvalue weighted by Gasteiger charge is 2.10. The predicted octanol–water partition coefficient (Wildman–Crippen LogP) is 1.15. The van der Waals surface area contributed by atoms with Crippen LogP contribution in [0, 0.1) is 0 Å². The Morgan fingerprint density at radius 2 is 2.08 bits per heavy atom. The summed E-state index contributed by atoms with van der Waals surface area (Å²) in [5.41, 5.74) is 5.86. The molecule has 0 radical (unpaired) electrons. The Balaban J connectivity index is 2.27. The Labute approximate surface area is 84.8 Å². The van der Waals surface area contributed by atoms with E-state index >= 15 is 0 Å². The fourth-order valence-electron chi connectivity index (χ4n) is 1.47. The van der Waals surface area contributed by atoms with Crippen molar-refractivity contribution < 1.29 is 0 Å². The van der Waals surface area contributed by atoms with Crippen molar-refractivity contribution in [3.63, 3.8) is 0 Å². The van der Waals surface area contributed by atoms with Crippen LogP contribution in [0.3, 0.4) is 0 Å². The molecule has 0 atom stereocenters. The van der Waals surface area contributed by atoms with E-state index < -0.39 is 0 Å². The van der Waals surface area contributed by atoms with Crippen LogP contribution < -0.4 is 5.73 Å². The average Bonchev–Trinajstić information content (AvgIpc) is 2.19. The van der Waals surface area contributed by atoms with Crippen molar-refractivity contribution in [2.45, 2.75) is 19.3 Å². The number of hydrogen-bond donors (Lipinski definition) is 1. The van der Waals surface area contributed by atoms with Crippen molar-refractivity contribution in [3.8, 4) is 0 Å². The first-order valence-corrected chi connectivity index (χ1v) is 6.28. The molecule has 0 aliphatic carbocycles. The fraction of sp³-hybridized carbons (Fsp3) is 0.889. The van der Waals surface area contributed by atoms with Gasteiger partial charge in [0.25, 0.3) is 0 Å². The van der Waals surface area contributed by atoms with E-state index in [-0.39, 0.29) is 0 Å². The number of hydrogen-bond acceptors (Lipinski definition) is 2. The van der Waals surface area contributed by atoms with E-state index in [0.717, 1.165) is 31.3 Å². The third-order valence-corrected chi connectivity index (χ3v) is 2.84. The first kappa shape index (κ1) is 10.7. The molecule has 1 aliphatic heterocycles. The summed E-state index contributed by atoms with van der Waals surface area (Å²) in [6.45, 7) is 3.03. The first-order valence-electron chi connectivity index (χ1n) is 4.88. The van der Waals surface area contributed by atoms with Gasteiger partial charge in [0.05, 0.1) is 6.54 Å². The molecule has 1 rings (SSSR count). The van der Waals surface area contributed by atoms with Gasteiger partial charge in [-0.2, -0.15) is 11.8 Å². The highest BCUT2D eigenvalue weighted by atomic mass is 32.2. The van der Waals surface area contributed by atoms with Gasteiger partial charge in [0.1, 0.15) is 0 Å². The van der Waals surface area contributed by atoms with Crippen molar-refractivity contribution in [2.75, 3.05) is 31.6 Å². The maximum absolute atomic E-state index is 5.86. The van der Waals surface area contributed by atoms with E-state index in [1.165, 1.54) is 19.3 Å². The Hall–Kier alpha value is -0.380. The van der Waals surface area contributed by atoms with Crippen LogP contribution >= 0.6 is 11.8 Å². The number of piperidine rings is 1. The van der Waals surface area contributed by atoms with E-state index in [4.69, 9.17) is 5.73 Å². The lowest BCUT2D eigenvalue weighted by atomic mass is 10.1. The molecule has 0 aromatic heterocycles. The molecule has 0 amide bonds. The van der Waals surface area contributed by atoms with Gasteiger partial charge in [0.2, 0.25) is 0 Å². The van der Waals surface area contributed by atoms with E-state index in [9.17, 15) is 0 Å². The number of nitrogens with two attached hydrogens (primary N) is 1. The molecule has 3 nitrogen and oxygen atoms in total. The molecule has 0 unspecified atom stereocenters. The number of thioether (sulfide) groups is 1. The largest absolute Gasteiger partial charge is 0.370 e.